The highest BCUT2D eigenvalue weighted by atomic mass is 16.4. The zero-order valence-corrected chi connectivity index (χ0v) is 16.1. The van der Waals surface area contributed by atoms with Gasteiger partial charge in [-0.05, 0) is 38.8 Å². The normalized spacial score (nSPS) is 18.9. The second-order valence-electron chi connectivity index (χ2n) is 7.81. The van der Waals surface area contributed by atoms with Crippen LogP contribution in [0.2, 0.25) is 0 Å². The largest absolute Gasteiger partial charge is 0.441 e. The molecule has 1 atom stereocenters. The molecule has 1 amide bonds. The van der Waals surface area contributed by atoms with Crippen LogP contribution in [0.4, 0.5) is 0 Å². The third kappa shape index (κ3) is 3.00. The Hall–Kier alpha value is -2.96. The van der Waals surface area contributed by atoms with Gasteiger partial charge in [0, 0.05) is 18.0 Å². The van der Waals surface area contributed by atoms with E-state index < -0.39 is 0 Å². The Morgan fingerprint density at radius 2 is 2.00 bits per heavy atom. The standard InChI is InChI=1S/C21H23N5O2/c1-13-11-25(12-18-23-24-20(26(13)18)15-8-9-15)19(27)10-17-14(2)28-21(22-17)16-6-4-3-5-7-16/h3-7,13,15H,8-12H2,1-2H3/t13-/m0/s1. The highest BCUT2D eigenvalue weighted by molar-refractivity contribution is 5.78. The van der Waals surface area contributed by atoms with Crippen LogP contribution >= 0.6 is 0 Å². The molecule has 7 heteroatoms. The van der Waals surface area contributed by atoms with Gasteiger partial charge in [0.2, 0.25) is 11.8 Å². The van der Waals surface area contributed by atoms with Crippen LogP contribution in [0.25, 0.3) is 11.5 Å². The molecule has 5 rings (SSSR count). The maximum Gasteiger partial charge on any atom is 0.229 e. The molecule has 1 fully saturated rings. The van der Waals surface area contributed by atoms with E-state index in [2.05, 4.69) is 26.7 Å². The molecule has 1 aromatic carbocycles. The molecule has 0 bridgehead atoms. The van der Waals surface area contributed by atoms with E-state index in [0.29, 0.717) is 36.4 Å². The van der Waals surface area contributed by atoms with Gasteiger partial charge in [-0.3, -0.25) is 4.79 Å². The molecule has 1 aliphatic carbocycles. The number of carbonyl (C=O) groups excluding carboxylic acids is 1. The summed E-state index contributed by atoms with van der Waals surface area (Å²) in [6, 6.07) is 9.94. The zero-order chi connectivity index (χ0) is 19.3. The molecule has 0 N–H and O–H groups in total. The molecule has 2 aromatic heterocycles. The molecule has 0 unspecified atom stereocenters. The molecule has 0 saturated heterocycles. The second kappa shape index (κ2) is 6.58. The third-order valence-corrected chi connectivity index (χ3v) is 5.58. The number of oxazole rings is 1. The maximum absolute atomic E-state index is 13.0. The Morgan fingerprint density at radius 3 is 2.75 bits per heavy atom. The first-order chi connectivity index (χ1) is 13.6. The molecule has 7 nitrogen and oxygen atoms in total. The van der Waals surface area contributed by atoms with Crippen molar-refractivity contribution in [2.75, 3.05) is 6.54 Å². The van der Waals surface area contributed by atoms with Crippen LogP contribution in [0.15, 0.2) is 34.7 Å². The smallest absolute Gasteiger partial charge is 0.229 e. The number of amides is 1. The zero-order valence-electron chi connectivity index (χ0n) is 16.1. The van der Waals surface area contributed by atoms with Gasteiger partial charge in [0.1, 0.15) is 11.6 Å². The van der Waals surface area contributed by atoms with E-state index in [1.165, 1.54) is 12.8 Å². The maximum atomic E-state index is 13.0. The summed E-state index contributed by atoms with van der Waals surface area (Å²) < 4.78 is 8.03. The van der Waals surface area contributed by atoms with Crippen molar-refractivity contribution in [2.45, 2.75) is 51.6 Å². The number of aryl methyl sites for hydroxylation is 1. The number of carbonyl (C=O) groups is 1. The second-order valence-corrected chi connectivity index (χ2v) is 7.81. The summed E-state index contributed by atoms with van der Waals surface area (Å²) in [5.41, 5.74) is 1.61. The van der Waals surface area contributed by atoms with Crippen molar-refractivity contribution in [3.8, 4) is 11.5 Å². The summed E-state index contributed by atoms with van der Waals surface area (Å²) in [4.78, 5) is 19.4. The summed E-state index contributed by atoms with van der Waals surface area (Å²) in [7, 11) is 0. The minimum absolute atomic E-state index is 0.0464. The number of rotatable bonds is 4. The first-order valence-electron chi connectivity index (χ1n) is 9.83. The lowest BCUT2D eigenvalue weighted by Gasteiger charge is -2.32. The molecule has 1 saturated carbocycles. The Morgan fingerprint density at radius 1 is 1.21 bits per heavy atom. The highest BCUT2D eigenvalue weighted by Gasteiger charge is 2.35. The lowest BCUT2D eigenvalue weighted by atomic mass is 10.1. The molecule has 2 aliphatic rings. The fraction of sp³-hybridized carbons (Fsp3) is 0.429. The van der Waals surface area contributed by atoms with E-state index in [9.17, 15) is 4.79 Å². The van der Waals surface area contributed by atoms with Gasteiger partial charge in [0.15, 0.2) is 5.82 Å². The quantitative estimate of drug-likeness (QED) is 0.697. The van der Waals surface area contributed by atoms with E-state index in [1.54, 1.807) is 0 Å². The van der Waals surface area contributed by atoms with Crippen LogP contribution in [-0.2, 0) is 17.8 Å². The first kappa shape index (κ1) is 17.2. The molecule has 1 aliphatic heterocycles. The number of nitrogens with zero attached hydrogens (tertiary/aromatic N) is 5. The van der Waals surface area contributed by atoms with E-state index in [-0.39, 0.29) is 18.4 Å². The topological polar surface area (TPSA) is 77.1 Å². The predicted octanol–water partition coefficient (Wildman–Crippen LogP) is 3.26. The number of benzene rings is 1. The van der Waals surface area contributed by atoms with Crippen LogP contribution in [0.5, 0.6) is 0 Å². The number of fused-ring (bicyclic) bond motifs is 1. The molecule has 3 heterocycles. The highest BCUT2D eigenvalue weighted by Crippen LogP contribution is 2.41. The van der Waals surface area contributed by atoms with Gasteiger partial charge in [-0.15, -0.1) is 10.2 Å². The van der Waals surface area contributed by atoms with Crippen molar-refractivity contribution >= 4 is 5.91 Å². The van der Waals surface area contributed by atoms with E-state index in [0.717, 1.165) is 17.2 Å². The average Bonchev–Trinajstić information content (AvgIpc) is 3.35. The Balaban J connectivity index is 1.33. The van der Waals surface area contributed by atoms with E-state index in [4.69, 9.17) is 4.42 Å². The summed E-state index contributed by atoms with van der Waals surface area (Å²) in [6.45, 7) is 5.17. The summed E-state index contributed by atoms with van der Waals surface area (Å²) >= 11 is 0. The van der Waals surface area contributed by atoms with Gasteiger partial charge in [-0.1, -0.05) is 18.2 Å². The van der Waals surface area contributed by atoms with Gasteiger partial charge in [0.25, 0.3) is 0 Å². The van der Waals surface area contributed by atoms with Crippen molar-refractivity contribution in [1.29, 1.82) is 0 Å². The predicted molar refractivity (Wildman–Crippen MR) is 103 cm³/mol. The fourth-order valence-electron chi connectivity index (χ4n) is 3.92. The van der Waals surface area contributed by atoms with Crippen LogP contribution < -0.4 is 0 Å². The summed E-state index contributed by atoms with van der Waals surface area (Å²) in [6.07, 6.45) is 2.63. The van der Waals surface area contributed by atoms with Crippen molar-refractivity contribution in [3.05, 3.63) is 53.4 Å². The molecule has 0 spiro atoms. The van der Waals surface area contributed by atoms with Crippen LogP contribution in [0.3, 0.4) is 0 Å². The van der Waals surface area contributed by atoms with E-state index >= 15 is 0 Å². The molecular formula is C21H23N5O2. The Bertz CT molecular complexity index is 1020. The minimum Gasteiger partial charge on any atom is -0.441 e. The third-order valence-electron chi connectivity index (χ3n) is 5.58. The lowest BCUT2D eigenvalue weighted by Crippen LogP contribution is -2.41. The van der Waals surface area contributed by atoms with Crippen molar-refractivity contribution in [1.82, 2.24) is 24.6 Å². The van der Waals surface area contributed by atoms with Crippen LogP contribution in [0.1, 0.15) is 54.8 Å². The van der Waals surface area contributed by atoms with E-state index in [1.807, 2.05) is 42.2 Å². The van der Waals surface area contributed by atoms with Gasteiger partial charge < -0.3 is 13.9 Å². The van der Waals surface area contributed by atoms with Gasteiger partial charge in [0.05, 0.1) is 24.7 Å². The molecule has 0 radical (unpaired) electrons. The Kier molecular flexibility index (Phi) is 4.03. The fourth-order valence-corrected chi connectivity index (χ4v) is 3.92. The monoisotopic (exact) mass is 377 g/mol. The Labute approximate surface area is 163 Å². The van der Waals surface area contributed by atoms with Crippen LogP contribution in [0, 0.1) is 6.92 Å². The van der Waals surface area contributed by atoms with Crippen molar-refractivity contribution in [2.24, 2.45) is 0 Å². The van der Waals surface area contributed by atoms with Gasteiger partial charge >= 0.3 is 0 Å². The molecule has 28 heavy (non-hydrogen) atoms. The lowest BCUT2D eigenvalue weighted by molar-refractivity contribution is -0.132. The van der Waals surface area contributed by atoms with Gasteiger partial charge in [-0.25, -0.2) is 4.98 Å². The number of hydrogen-bond donors (Lipinski definition) is 0. The van der Waals surface area contributed by atoms with Crippen LogP contribution in [-0.4, -0.2) is 37.1 Å². The van der Waals surface area contributed by atoms with Crippen molar-refractivity contribution < 1.29 is 9.21 Å². The SMILES string of the molecule is Cc1oc(-c2ccccc2)nc1CC(=O)N1Cc2nnc(C3CC3)n2[C@@H](C)C1. The summed E-state index contributed by atoms with van der Waals surface area (Å²) in [5, 5.41) is 8.74. The van der Waals surface area contributed by atoms with Gasteiger partial charge in [-0.2, -0.15) is 0 Å². The molecular weight excluding hydrogens is 354 g/mol. The first-order valence-corrected chi connectivity index (χ1v) is 9.83. The summed E-state index contributed by atoms with van der Waals surface area (Å²) in [5.74, 6) is 3.83. The number of hydrogen-bond acceptors (Lipinski definition) is 5. The minimum atomic E-state index is 0.0464. The molecule has 3 aromatic rings. The van der Waals surface area contributed by atoms with Crippen molar-refractivity contribution in [3.63, 3.8) is 0 Å². The number of aromatic nitrogens is 4. The molecule has 144 valence electrons. The average molecular weight is 377 g/mol.